The first-order valence-corrected chi connectivity index (χ1v) is 12.2. The van der Waals surface area contributed by atoms with Gasteiger partial charge in [-0.15, -0.1) is 0 Å². The Morgan fingerprint density at radius 1 is 1.08 bits per heavy atom. The zero-order valence-electron chi connectivity index (χ0n) is 18.8. The van der Waals surface area contributed by atoms with Crippen molar-refractivity contribution < 1.29 is 28.7 Å². The fourth-order valence-electron chi connectivity index (χ4n) is 4.13. The largest absolute Gasteiger partial charge is 0.478 e. The van der Waals surface area contributed by atoms with Crippen LogP contribution in [0.5, 0.6) is 0 Å². The third-order valence-electron chi connectivity index (χ3n) is 6.03. The Balaban J connectivity index is 1.29. The number of carboxylic acids is 1. The summed E-state index contributed by atoms with van der Waals surface area (Å²) >= 11 is 6.94. The number of aromatic carboxylic acids is 1. The van der Waals surface area contributed by atoms with E-state index >= 15 is 0 Å². The van der Waals surface area contributed by atoms with Crippen molar-refractivity contribution in [3.8, 4) is 11.3 Å². The van der Waals surface area contributed by atoms with Gasteiger partial charge < -0.3 is 14.4 Å². The lowest BCUT2D eigenvalue weighted by Gasteiger charge is -2.29. The van der Waals surface area contributed by atoms with Gasteiger partial charge in [0.15, 0.2) is 0 Å². The lowest BCUT2D eigenvalue weighted by Crippen LogP contribution is -2.44. The first-order valence-electron chi connectivity index (χ1n) is 11.0. The predicted octanol–water partition coefficient (Wildman–Crippen LogP) is 4.92. The van der Waals surface area contributed by atoms with Gasteiger partial charge in [-0.1, -0.05) is 35.9 Å². The number of hydrogen-bond donors (Lipinski definition) is 1. The summed E-state index contributed by atoms with van der Waals surface area (Å²) in [6.45, 7) is 0.649. The number of furan rings is 1. The van der Waals surface area contributed by atoms with Crippen LogP contribution in [0.2, 0.25) is 5.02 Å². The summed E-state index contributed by atoms with van der Waals surface area (Å²) in [6.07, 6.45) is 2.15. The molecule has 3 aromatic rings. The van der Waals surface area contributed by atoms with Crippen LogP contribution in [0.25, 0.3) is 17.4 Å². The molecule has 0 saturated carbocycles. The smallest absolute Gasteiger partial charge is 0.335 e. The molecule has 3 amide bonds. The Bertz CT molecular complexity index is 1450. The lowest BCUT2D eigenvalue weighted by molar-refractivity contribution is -0.136. The zero-order valence-corrected chi connectivity index (χ0v) is 20.3. The average Bonchev–Trinajstić information content (AvgIpc) is 3.43. The number of thioether (sulfide) groups is 1. The second-order valence-electron chi connectivity index (χ2n) is 8.30. The molecule has 8 nitrogen and oxygen atoms in total. The van der Waals surface area contributed by atoms with E-state index in [1.807, 2.05) is 24.3 Å². The Morgan fingerprint density at radius 3 is 2.64 bits per heavy atom. The highest BCUT2D eigenvalue weighted by Crippen LogP contribution is 2.35. The van der Waals surface area contributed by atoms with E-state index in [9.17, 15) is 24.3 Å². The van der Waals surface area contributed by atoms with Crippen LogP contribution >= 0.6 is 23.4 Å². The average molecular weight is 523 g/mol. The molecule has 0 radical (unpaired) electrons. The van der Waals surface area contributed by atoms with E-state index in [-0.39, 0.29) is 28.7 Å². The van der Waals surface area contributed by atoms with Crippen molar-refractivity contribution in [2.24, 2.45) is 0 Å². The van der Waals surface area contributed by atoms with Gasteiger partial charge in [0.1, 0.15) is 18.1 Å². The molecule has 1 fully saturated rings. The van der Waals surface area contributed by atoms with Gasteiger partial charge in [0.25, 0.3) is 11.1 Å². The number of hydrogen-bond acceptors (Lipinski definition) is 6. The molecule has 182 valence electrons. The molecule has 36 heavy (non-hydrogen) atoms. The Labute approximate surface area is 215 Å². The van der Waals surface area contributed by atoms with Gasteiger partial charge in [0, 0.05) is 24.7 Å². The highest BCUT2D eigenvalue weighted by molar-refractivity contribution is 8.18. The topological polar surface area (TPSA) is 108 Å². The number of halogens is 1. The SMILES string of the molecule is O=C(O)c1ccc(Cl)c(-c2ccc(/C=C3\SC(=O)N(CC(=O)N4CCc5ccccc5C4)C3=O)o2)c1. The minimum Gasteiger partial charge on any atom is -0.478 e. The number of rotatable bonds is 5. The Kier molecular flexibility index (Phi) is 6.42. The van der Waals surface area contributed by atoms with Gasteiger partial charge in [0.05, 0.1) is 15.5 Å². The maximum Gasteiger partial charge on any atom is 0.335 e. The van der Waals surface area contributed by atoms with Gasteiger partial charge in [0.2, 0.25) is 5.91 Å². The van der Waals surface area contributed by atoms with Crippen LogP contribution in [0.4, 0.5) is 4.79 Å². The van der Waals surface area contributed by atoms with Crippen molar-refractivity contribution in [3.63, 3.8) is 0 Å². The van der Waals surface area contributed by atoms with Gasteiger partial charge in [-0.3, -0.25) is 19.3 Å². The first kappa shape index (κ1) is 23.9. The van der Waals surface area contributed by atoms with Crippen LogP contribution < -0.4 is 0 Å². The van der Waals surface area contributed by atoms with Gasteiger partial charge in [-0.2, -0.15) is 0 Å². The molecule has 0 aliphatic carbocycles. The summed E-state index contributed by atoms with van der Waals surface area (Å²) in [7, 11) is 0. The molecule has 5 rings (SSSR count). The van der Waals surface area contributed by atoms with Crippen LogP contribution in [0, 0.1) is 0 Å². The fourth-order valence-corrected chi connectivity index (χ4v) is 5.16. The molecule has 1 aromatic heterocycles. The summed E-state index contributed by atoms with van der Waals surface area (Å²) < 4.78 is 5.75. The molecule has 10 heteroatoms. The van der Waals surface area contributed by atoms with Crippen LogP contribution in [0.15, 0.2) is 63.9 Å². The summed E-state index contributed by atoms with van der Waals surface area (Å²) in [6, 6.07) is 15.3. The van der Waals surface area contributed by atoms with E-state index in [4.69, 9.17) is 16.0 Å². The molecule has 2 aliphatic rings. The van der Waals surface area contributed by atoms with Gasteiger partial charge >= 0.3 is 5.97 Å². The van der Waals surface area contributed by atoms with E-state index in [1.165, 1.54) is 29.8 Å². The van der Waals surface area contributed by atoms with Crippen molar-refractivity contribution in [3.05, 3.63) is 87.0 Å². The molecule has 0 spiro atoms. The van der Waals surface area contributed by atoms with Crippen LogP contribution in [-0.2, 0) is 22.6 Å². The molecular formula is C26H19ClN2O6S. The van der Waals surface area contributed by atoms with Gasteiger partial charge in [-0.25, -0.2) is 4.79 Å². The second kappa shape index (κ2) is 9.67. The summed E-state index contributed by atoms with van der Waals surface area (Å²) in [5.74, 6) is -1.36. The molecule has 0 atom stereocenters. The number of amides is 3. The van der Waals surface area contributed by atoms with Crippen molar-refractivity contribution >= 4 is 52.5 Å². The monoisotopic (exact) mass is 522 g/mol. The molecule has 2 aromatic carbocycles. The molecule has 3 heterocycles. The third kappa shape index (κ3) is 4.67. The Morgan fingerprint density at radius 2 is 1.86 bits per heavy atom. The number of benzene rings is 2. The van der Waals surface area contributed by atoms with E-state index < -0.39 is 17.1 Å². The maximum absolute atomic E-state index is 12.9. The highest BCUT2D eigenvalue weighted by Gasteiger charge is 2.37. The molecule has 2 aliphatic heterocycles. The van der Waals surface area contributed by atoms with Crippen molar-refractivity contribution in [1.82, 2.24) is 9.80 Å². The van der Waals surface area contributed by atoms with Crippen molar-refractivity contribution in [2.45, 2.75) is 13.0 Å². The van der Waals surface area contributed by atoms with Crippen molar-refractivity contribution in [1.29, 1.82) is 0 Å². The third-order valence-corrected chi connectivity index (χ3v) is 7.27. The number of fused-ring (bicyclic) bond motifs is 1. The molecule has 0 unspecified atom stereocenters. The van der Waals surface area contributed by atoms with E-state index in [0.717, 1.165) is 28.6 Å². The van der Waals surface area contributed by atoms with Crippen LogP contribution in [0.3, 0.4) is 0 Å². The molecule has 0 bridgehead atoms. The molecule has 1 saturated heterocycles. The summed E-state index contributed by atoms with van der Waals surface area (Å²) in [5.41, 5.74) is 2.70. The maximum atomic E-state index is 12.9. The number of nitrogens with zero attached hydrogens (tertiary/aromatic N) is 2. The van der Waals surface area contributed by atoms with E-state index in [2.05, 4.69) is 0 Å². The fraction of sp³-hybridized carbons (Fsp3) is 0.154. The number of imide groups is 1. The first-order chi connectivity index (χ1) is 17.3. The van der Waals surface area contributed by atoms with E-state index in [0.29, 0.717) is 29.4 Å². The molecule has 1 N–H and O–H groups in total. The minimum absolute atomic E-state index is 0.0512. The minimum atomic E-state index is -1.10. The highest BCUT2D eigenvalue weighted by atomic mass is 35.5. The Hall–Kier alpha value is -3.82. The summed E-state index contributed by atoms with van der Waals surface area (Å²) in [4.78, 5) is 52.3. The van der Waals surface area contributed by atoms with E-state index in [1.54, 1.807) is 17.0 Å². The standard InChI is InChI=1S/C26H19ClN2O6S/c27-20-7-5-16(25(32)33)11-19(20)21-8-6-18(35-21)12-22-24(31)29(26(34)36-22)14-23(30)28-10-9-15-3-1-2-4-17(15)13-28/h1-8,11-12H,9-10,13-14H2,(H,32,33)/b22-12-. The zero-order chi connectivity index (χ0) is 25.4. The predicted molar refractivity (Wildman–Crippen MR) is 134 cm³/mol. The quantitative estimate of drug-likeness (QED) is 0.474. The number of carbonyl (C=O) groups is 4. The number of carbonyl (C=O) groups excluding carboxylic acids is 3. The van der Waals surface area contributed by atoms with Gasteiger partial charge in [-0.05, 0) is 59.6 Å². The van der Waals surface area contributed by atoms with Crippen LogP contribution in [-0.4, -0.2) is 51.0 Å². The van der Waals surface area contributed by atoms with Crippen LogP contribution in [0.1, 0.15) is 27.2 Å². The van der Waals surface area contributed by atoms with Crippen molar-refractivity contribution in [2.75, 3.05) is 13.1 Å². The summed E-state index contributed by atoms with van der Waals surface area (Å²) in [5, 5.41) is 9.00. The second-order valence-corrected chi connectivity index (χ2v) is 9.70. The lowest BCUT2D eigenvalue weighted by atomic mass is 10.00. The number of carboxylic acid groups (broad SMARTS) is 1. The molecular weight excluding hydrogens is 504 g/mol. The normalized spacial score (nSPS) is 16.5.